The zero-order valence-corrected chi connectivity index (χ0v) is 12.9. The normalized spacial score (nSPS) is 28.8. The lowest BCUT2D eigenvalue weighted by Gasteiger charge is -2.41. The highest BCUT2D eigenvalue weighted by atomic mass is 16.3. The van der Waals surface area contributed by atoms with Gasteiger partial charge in [-0.3, -0.25) is 4.79 Å². The molecule has 2 aliphatic heterocycles. The molecule has 2 aliphatic rings. The fraction of sp³-hybridized carbons (Fsp3) is 0.933. The van der Waals surface area contributed by atoms with Crippen molar-refractivity contribution in [3.8, 4) is 0 Å². The maximum absolute atomic E-state index is 13.0. The van der Waals surface area contributed by atoms with Gasteiger partial charge in [-0.25, -0.2) is 0 Å². The van der Waals surface area contributed by atoms with Gasteiger partial charge in [-0.1, -0.05) is 6.92 Å². The van der Waals surface area contributed by atoms with E-state index in [2.05, 4.69) is 24.2 Å². The summed E-state index contributed by atoms with van der Waals surface area (Å²) in [7, 11) is 2.13. The van der Waals surface area contributed by atoms with Crippen LogP contribution in [0.3, 0.4) is 0 Å². The lowest BCUT2D eigenvalue weighted by Crippen LogP contribution is -2.53. The van der Waals surface area contributed by atoms with Crippen LogP contribution in [0, 0.1) is 5.41 Å². The Kier molecular flexibility index (Phi) is 5.41. The summed E-state index contributed by atoms with van der Waals surface area (Å²) < 4.78 is 0. The molecule has 1 amide bonds. The number of carbonyl (C=O) groups is 1. The Morgan fingerprint density at radius 3 is 2.65 bits per heavy atom. The first-order valence-electron chi connectivity index (χ1n) is 7.94. The Hall–Kier alpha value is -0.650. The van der Waals surface area contributed by atoms with Crippen LogP contribution in [0.4, 0.5) is 0 Å². The van der Waals surface area contributed by atoms with E-state index in [1.165, 1.54) is 0 Å². The molecule has 116 valence electrons. The van der Waals surface area contributed by atoms with Gasteiger partial charge in [0.15, 0.2) is 0 Å². The summed E-state index contributed by atoms with van der Waals surface area (Å²) in [6.07, 6.45) is 3.86. The lowest BCUT2D eigenvalue weighted by atomic mass is 9.82. The summed E-state index contributed by atoms with van der Waals surface area (Å²) in [4.78, 5) is 17.3. The van der Waals surface area contributed by atoms with Crippen LogP contribution in [0.15, 0.2) is 0 Å². The topological polar surface area (TPSA) is 55.8 Å². The number of aliphatic hydroxyl groups excluding tert-OH is 1. The monoisotopic (exact) mass is 283 g/mol. The number of likely N-dealkylation sites (tertiary alicyclic amines) is 1. The van der Waals surface area contributed by atoms with E-state index in [-0.39, 0.29) is 17.9 Å². The van der Waals surface area contributed by atoms with Gasteiger partial charge in [0, 0.05) is 19.1 Å². The molecule has 2 heterocycles. The van der Waals surface area contributed by atoms with Gasteiger partial charge in [-0.05, 0) is 52.4 Å². The van der Waals surface area contributed by atoms with Crippen LogP contribution in [-0.2, 0) is 4.79 Å². The molecular weight excluding hydrogens is 254 g/mol. The van der Waals surface area contributed by atoms with Crippen LogP contribution in [0.25, 0.3) is 0 Å². The Morgan fingerprint density at radius 2 is 2.15 bits per heavy atom. The van der Waals surface area contributed by atoms with Crippen molar-refractivity contribution in [3.05, 3.63) is 0 Å². The standard InChI is InChI=1S/C15H29N3O2/c1-3-15(6-7-16-12-15)14(20)18(10-11-19)13-4-8-17(2)9-5-13/h13,16,19H,3-12H2,1-2H3. The van der Waals surface area contributed by atoms with Gasteiger partial charge in [0.2, 0.25) is 5.91 Å². The van der Waals surface area contributed by atoms with E-state index in [1.807, 2.05) is 4.90 Å². The van der Waals surface area contributed by atoms with Crippen molar-refractivity contribution < 1.29 is 9.90 Å². The highest BCUT2D eigenvalue weighted by molar-refractivity contribution is 5.83. The van der Waals surface area contributed by atoms with E-state index >= 15 is 0 Å². The minimum Gasteiger partial charge on any atom is -0.395 e. The van der Waals surface area contributed by atoms with Gasteiger partial charge in [-0.2, -0.15) is 0 Å². The molecule has 0 aromatic rings. The van der Waals surface area contributed by atoms with Crippen molar-refractivity contribution in [1.29, 1.82) is 0 Å². The molecule has 5 nitrogen and oxygen atoms in total. The van der Waals surface area contributed by atoms with Gasteiger partial charge < -0.3 is 20.2 Å². The predicted octanol–water partition coefficient (Wildman–Crippen LogP) is 0.291. The average Bonchev–Trinajstić information content (AvgIpc) is 2.95. The Bertz CT molecular complexity index is 321. The molecule has 0 aromatic carbocycles. The minimum atomic E-state index is -0.238. The van der Waals surface area contributed by atoms with Crippen LogP contribution in [-0.4, -0.2) is 73.2 Å². The molecule has 2 N–H and O–H groups in total. The molecule has 1 unspecified atom stereocenters. The van der Waals surface area contributed by atoms with E-state index < -0.39 is 0 Å². The van der Waals surface area contributed by atoms with Crippen molar-refractivity contribution >= 4 is 5.91 Å². The van der Waals surface area contributed by atoms with Crippen LogP contribution < -0.4 is 5.32 Å². The zero-order chi connectivity index (χ0) is 14.6. The molecule has 0 radical (unpaired) electrons. The highest BCUT2D eigenvalue weighted by Gasteiger charge is 2.43. The third-order valence-electron chi connectivity index (χ3n) is 5.10. The second-order valence-corrected chi connectivity index (χ2v) is 6.32. The minimum absolute atomic E-state index is 0.0608. The van der Waals surface area contributed by atoms with Crippen LogP contribution in [0.5, 0.6) is 0 Å². The maximum atomic E-state index is 13.0. The first kappa shape index (κ1) is 15.7. The fourth-order valence-electron chi connectivity index (χ4n) is 3.55. The summed E-state index contributed by atoms with van der Waals surface area (Å²) in [6.45, 7) is 6.45. The first-order valence-corrected chi connectivity index (χ1v) is 7.94. The van der Waals surface area contributed by atoms with Crippen LogP contribution >= 0.6 is 0 Å². The summed E-state index contributed by atoms with van der Waals surface area (Å²) in [5.41, 5.74) is -0.238. The van der Waals surface area contributed by atoms with Crippen molar-refractivity contribution in [1.82, 2.24) is 15.1 Å². The number of nitrogens with one attached hydrogen (secondary N) is 1. The van der Waals surface area contributed by atoms with Crippen molar-refractivity contribution in [2.24, 2.45) is 5.41 Å². The smallest absolute Gasteiger partial charge is 0.230 e. The molecule has 2 saturated heterocycles. The van der Waals surface area contributed by atoms with E-state index in [0.29, 0.717) is 12.6 Å². The van der Waals surface area contributed by atoms with Crippen LogP contribution in [0.2, 0.25) is 0 Å². The fourth-order valence-corrected chi connectivity index (χ4v) is 3.55. The van der Waals surface area contributed by atoms with E-state index in [4.69, 9.17) is 0 Å². The third-order valence-corrected chi connectivity index (χ3v) is 5.10. The lowest BCUT2D eigenvalue weighted by molar-refractivity contribution is -0.145. The van der Waals surface area contributed by atoms with E-state index in [9.17, 15) is 9.90 Å². The van der Waals surface area contributed by atoms with E-state index in [1.54, 1.807) is 0 Å². The molecule has 0 aromatic heterocycles. The molecule has 0 bridgehead atoms. The van der Waals surface area contributed by atoms with Gasteiger partial charge in [0.05, 0.1) is 12.0 Å². The molecule has 20 heavy (non-hydrogen) atoms. The van der Waals surface area contributed by atoms with Crippen LogP contribution in [0.1, 0.15) is 32.6 Å². The van der Waals surface area contributed by atoms with E-state index in [0.717, 1.165) is 51.9 Å². The molecule has 0 aliphatic carbocycles. The quantitative estimate of drug-likeness (QED) is 0.761. The number of carbonyl (C=O) groups excluding carboxylic acids is 1. The largest absolute Gasteiger partial charge is 0.395 e. The molecule has 2 rings (SSSR count). The number of hydrogen-bond acceptors (Lipinski definition) is 4. The molecular formula is C15H29N3O2. The third kappa shape index (κ3) is 3.15. The number of rotatable bonds is 5. The van der Waals surface area contributed by atoms with Gasteiger partial charge in [0.1, 0.15) is 0 Å². The summed E-state index contributed by atoms with van der Waals surface area (Å²) in [5.74, 6) is 0.258. The number of aliphatic hydroxyl groups is 1. The number of nitrogens with zero attached hydrogens (tertiary/aromatic N) is 2. The average molecular weight is 283 g/mol. The van der Waals surface area contributed by atoms with Crippen molar-refractivity contribution in [3.63, 3.8) is 0 Å². The second-order valence-electron chi connectivity index (χ2n) is 6.32. The summed E-state index contributed by atoms with van der Waals surface area (Å²) in [6, 6.07) is 0.301. The van der Waals surface area contributed by atoms with Gasteiger partial charge in [0.25, 0.3) is 0 Å². The SMILES string of the molecule is CCC1(C(=O)N(CCO)C2CCN(C)CC2)CCNC1. The number of hydrogen-bond donors (Lipinski definition) is 2. The molecule has 0 spiro atoms. The number of piperidine rings is 1. The highest BCUT2D eigenvalue weighted by Crippen LogP contribution is 2.33. The molecule has 2 fully saturated rings. The molecule has 5 heteroatoms. The van der Waals surface area contributed by atoms with Crippen molar-refractivity contribution in [2.45, 2.75) is 38.6 Å². The first-order chi connectivity index (χ1) is 9.63. The second kappa shape index (κ2) is 6.87. The summed E-state index contributed by atoms with van der Waals surface area (Å²) in [5, 5.41) is 12.7. The van der Waals surface area contributed by atoms with Crippen molar-refractivity contribution in [2.75, 3.05) is 46.4 Å². The van der Waals surface area contributed by atoms with Gasteiger partial charge in [-0.15, -0.1) is 0 Å². The Labute approximate surface area is 122 Å². The molecule has 0 saturated carbocycles. The number of amides is 1. The predicted molar refractivity (Wildman–Crippen MR) is 79.5 cm³/mol. The summed E-state index contributed by atoms with van der Waals surface area (Å²) >= 11 is 0. The molecule has 1 atom stereocenters. The Balaban J connectivity index is 2.09. The Morgan fingerprint density at radius 1 is 1.45 bits per heavy atom. The van der Waals surface area contributed by atoms with Gasteiger partial charge >= 0.3 is 0 Å². The zero-order valence-electron chi connectivity index (χ0n) is 12.9. The maximum Gasteiger partial charge on any atom is 0.230 e.